The van der Waals surface area contributed by atoms with Gasteiger partial charge in [0.2, 0.25) is 6.79 Å². The van der Waals surface area contributed by atoms with Crippen molar-refractivity contribution in [2.24, 2.45) is 10.8 Å². The van der Waals surface area contributed by atoms with Crippen LogP contribution in [0.25, 0.3) is 0 Å². The first-order chi connectivity index (χ1) is 10.8. The number of carbonyl (C=O) groups excluding carboxylic acids is 2. The minimum absolute atomic E-state index is 0.180. The third kappa shape index (κ3) is 1.58. The maximum atomic E-state index is 12.9. The number of hydrogen-bond acceptors (Lipinski definition) is 5. The molecule has 2 bridgehead atoms. The fraction of sp³-hybridized carbons (Fsp3) is 0.529. The third-order valence-corrected chi connectivity index (χ3v) is 6.08. The van der Waals surface area contributed by atoms with Crippen LogP contribution in [0, 0.1) is 10.8 Å². The molecule has 122 valence electrons. The highest BCUT2D eigenvalue weighted by atomic mass is 16.7. The van der Waals surface area contributed by atoms with E-state index in [0.717, 1.165) is 0 Å². The standard InChI is InChI=1S/C17H19NO5/c1-15(2)16(3)6-7-17(15,23-14(16)20)13(19)18-10-4-5-11-12(8-10)22-9-21-11/h4-5,8H,6-7,9H2,1-3H3,(H,18,19)/t16-,17+/m1/s1. The molecule has 4 rings (SSSR count). The van der Waals surface area contributed by atoms with Gasteiger partial charge in [-0.1, -0.05) is 13.8 Å². The van der Waals surface area contributed by atoms with Gasteiger partial charge in [-0.3, -0.25) is 9.59 Å². The molecule has 1 amide bonds. The molecule has 1 saturated heterocycles. The maximum Gasteiger partial charge on any atom is 0.313 e. The van der Waals surface area contributed by atoms with E-state index in [-0.39, 0.29) is 18.7 Å². The van der Waals surface area contributed by atoms with E-state index >= 15 is 0 Å². The summed E-state index contributed by atoms with van der Waals surface area (Å²) < 4.78 is 16.2. The molecule has 6 heteroatoms. The van der Waals surface area contributed by atoms with E-state index in [4.69, 9.17) is 14.2 Å². The largest absolute Gasteiger partial charge is 0.454 e. The van der Waals surface area contributed by atoms with Crippen molar-refractivity contribution in [1.29, 1.82) is 0 Å². The van der Waals surface area contributed by atoms with Crippen LogP contribution in [0.5, 0.6) is 11.5 Å². The molecule has 2 atom stereocenters. The number of rotatable bonds is 2. The summed E-state index contributed by atoms with van der Waals surface area (Å²) in [6.07, 6.45) is 1.20. The first kappa shape index (κ1) is 14.4. The number of hydrogen-bond donors (Lipinski definition) is 1. The fourth-order valence-electron chi connectivity index (χ4n) is 3.95. The van der Waals surface area contributed by atoms with E-state index in [9.17, 15) is 9.59 Å². The summed E-state index contributed by atoms with van der Waals surface area (Å²) in [5, 5.41) is 2.87. The minimum atomic E-state index is -1.12. The molecule has 1 aromatic carbocycles. The van der Waals surface area contributed by atoms with Crippen LogP contribution >= 0.6 is 0 Å². The van der Waals surface area contributed by atoms with Gasteiger partial charge in [0.1, 0.15) is 0 Å². The SMILES string of the molecule is CC1(C)[C@@]2(C(=O)Nc3ccc4c(c3)OCO4)CC[C@]1(C)C(=O)O2. The monoisotopic (exact) mass is 317 g/mol. The Hall–Kier alpha value is -2.24. The van der Waals surface area contributed by atoms with E-state index in [2.05, 4.69) is 5.32 Å². The first-order valence-electron chi connectivity index (χ1n) is 7.75. The smallest absolute Gasteiger partial charge is 0.313 e. The molecular formula is C17H19NO5. The van der Waals surface area contributed by atoms with E-state index in [1.807, 2.05) is 20.8 Å². The molecule has 23 heavy (non-hydrogen) atoms. The summed E-state index contributed by atoms with van der Waals surface area (Å²) in [7, 11) is 0. The highest BCUT2D eigenvalue weighted by molar-refractivity contribution is 6.03. The van der Waals surface area contributed by atoms with E-state index in [0.29, 0.717) is 30.0 Å². The molecule has 1 saturated carbocycles. The number of carbonyl (C=O) groups is 2. The van der Waals surface area contributed by atoms with Crippen LogP contribution in [0.4, 0.5) is 5.69 Å². The Kier molecular flexibility index (Phi) is 2.61. The molecular weight excluding hydrogens is 298 g/mol. The van der Waals surface area contributed by atoms with E-state index in [1.165, 1.54) is 0 Å². The molecule has 6 nitrogen and oxygen atoms in total. The number of anilines is 1. The van der Waals surface area contributed by atoms with Crippen molar-refractivity contribution in [1.82, 2.24) is 0 Å². The molecule has 0 spiro atoms. The van der Waals surface area contributed by atoms with Crippen LogP contribution in [0.15, 0.2) is 18.2 Å². The molecule has 0 aromatic heterocycles. The van der Waals surface area contributed by atoms with Gasteiger partial charge >= 0.3 is 5.97 Å². The van der Waals surface area contributed by atoms with Crippen LogP contribution in [0.1, 0.15) is 33.6 Å². The van der Waals surface area contributed by atoms with Crippen molar-refractivity contribution in [3.05, 3.63) is 18.2 Å². The van der Waals surface area contributed by atoms with Crippen LogP contribution in [-0.4, -0.2) is 24.3 Å². The van der Waals surface area contributed by atoms with E-state index in [1.54, 1.807) is 18.2 Å². The predicted octanol–water partition coefficient (Wildman–Crippen LogP) is 2.48. The Morgan fingerprint density at radius 2 is 1.87 bits per heavy atom. The second kappa shape index (κ2) is 4.19. The number of amides is 1. The average molecular weight is 317 g/mol. The number of benzene rings is 1. The first-order valence-corrected chi connectivity index (χ1v) is 7.75. The van der Waals surface area contributed by atoms with Crippen molar-refractivity contribution in [2.75, 3.05) is 12.1 Å². The average Bonchev–Trinajstić information content (AvgIpc) is 3.08. The third-order valence-electron chi connectivity index (χ3n) is 6.08. The molecule has 3 aliphatic rings. The highest BCUT2D eigenvalue weighted by Crippen LogP contribution is 2.65. The lowest BCUT2D eigenvalue weighted by Crippen LogP contribution is -2.50. The Morgan fingerprint density at radius 1 is 1.13 bits per heavy atom. The second-order valence-electron chi connectivity index (χ2n) is 7.20. The van der Waals surface area contributed by atoms with Crippen molar-refractivity contribution >= 4 is 17.6 Å². The Labute approximate surface area is 134 Å². The lowest BCUT2D eigenvalue weighted by Gasteiger charge is -2.35. The van der Waals surface area contributed by atoms with Crippen LogP contribution < -0.4 is 14.8 Å². The number of fused-ring (bicyclic) bond motifs is 3. The van der Waals surface area contributed by atoms with Crippen molar-refractivity contribution in [3.63, 3.8) is 0 Å². The summed E-state index contributed by atoms with van der Waals surface area (Å²) in [6.45, 7) is 5.94. The molecule has 1 aliphatic carbocycles. The van der Waals surface area contributed by atoms with Gasteiger partial charge in [0.15, 0.2) is 17.1 Å². The zero-order valence-electron chi connectivity index (χ0n) is 13.4. The Bertz CT molecular complexity index is 728. The topological polar surface area (TPSA) is 73.9 Å². The molecule has 2 fully saturated rings. The molecule has 1 aromatic rings. The van der Waals surface area contributed by atoms with Crippen LogP contribution in [-0.2, 0) is 14.3 Å². The van der Waals surface area contributed by atoms with E-state index < -0.39 is 16.4 Å². The van der Waals surface area contributed by atoms with Gasteiger partial charge in [0.05, 0.1) is 5.41 Å². The molecule has 2 heterocycles. The number of ether oxygens (including phenoxy) is 3. The molecule has 0 unspecified atom stereocenters. The maximum absolute atomic E-state index is 12.9. The summed E-state index contributed by atoms with van der Waals surface area (Å²) in [6, 6.07) is 5.22. The van der Waals surface area contributed by atoms with Gasteiger partial charge < -0.3 is 19.5 Å². The van der Waals surface area contributed by atoms with Gasteiger partial charge in [-0.15, -0.1) is 0 Å². The Morgan fingerprint density at radius 3 is 2.52 bits per heavy atom. The van der Waals surface area contributed by atoms with Gasteiger partial charge in [0.25, 0.3) is 5.91 Å². The second-order valence-corrected chi connectivity index (χ2v) is 7.20. The lowest BCUT2D eigenvalue weighted by atomic mass is 9.66. The molecule has 0 radical (unpaired) electrons. The van der Waals surface area contributed by atoms with Crippen LogP contribution in [0.2, 0.25) is 0 Å². The normalized spacial score (nSPS) is 32.7. The van der Waals surface area contributed by atoms with Gasteiger partial charge in [-0.05, 0) is 31.9 Å². The quantitative estimate of drug-likeness (QED) is 0.848. The number of esters is 1. The molecule has 2 aliphatic heterocycles. The minimum Gasteiger partial charge on any atom is -0.454 e. The zero-order chi connectivity index (χ0) is 16.5. The van der Waals surface area contributed by atoms with Crippen molar-refractivity contribution in [2.45, 2.75) is 39.2 Å². The van der Waals surface area contributed by atoms with Crippen LogP contribution in [0.3, 0.4) is 0 Å². The van der Waals surface area contributed by atoms with Gasteiger partial charge in [-0.2, -0.15) is 0 Å². The zero-order valence-corrected chi connectivity index (χ0v) is 13.4. The van der Waals surface area contributed by atoms with Gasteiger partial charge in [-0.25, -0.2) is 0 Å². The molecule has 1 N–H and O–H groups in total. The highest BCUT2D eigenvalue weighted by Gasteiger charge is 2.75. The van der Waals surface area contributed by atoms with Crippen molar-refractivity contribution < 1.29 is 23.8 Å². The summed E-state index contributed by atoms with van der Waals surface area (Å²) >= 11 is 0. The number of nitrogens with one attached hydrogen (secondary N) is 1. The Balaban J connectivity index is 1.64. The summed E-state index contributed by atoms with van der Waals surface area (Å²) in [5.41, 5.74) is -1.69. The fourth-order valence-corrected chi connectivity index (χ4v) is 3.95. The predicted molar refractivity (Wildman–Crippen MR) is 81.1 cm³/mol. The van der Waals surface area contributed by atoms with Gasteiger partial charge in [0, 0.05) is 17.2 Å². The summed E-state index contributed by atoms with van der Waals surface area (Å²) in [4.78, 5) is 25.2. The summed E-state index contributed by atoms with van der Waals surface area (Å²) in [5.74, 6) is 0.687. The van der Waals surface area contributed by atoms with Crippen molar-refractivity contribution in [3.8, 4) is 11.5 Å². The lowest BCUT2D eigenvalue weighted by molar-refractivity contribution is -0.165.